The number of allylic oxidation sites excluding steroid dienone is 1. The van der Waals surface area contributed by atoms with Gasteiger partial charge in [0, 0.05) is 11.7 Å². The van der Waals surface area contributed by atoms with Gasteiger partial charge in [0.2, 0.25) is 5.12 Å². The first kappa shape index (κ1) is 15.3. The van der Waals surface area contributed by atoms with Crippen LogP contribution in [0.25, 0.3) is 0 Å². The van der Waals surface area contributed by atoms with Gasteiger partial charge in [-0.15, -0.1) is 0 Å². The minimum Gasteiger partial charge on any atom is -0.393 e. The van der Waals surface area contributed by atoms with Crippen LogP contribution in [0.3, 0.4) is 0 Å². The molecule has 1 aliphatic heterocycles. The predicted molar refractivity (Wildman–Crippen MR) is 82.9 cm³/mol. The van der Waals surface area contributed by atoms with Crippen molar-refractivity contribution in [3.05, 3.63) is 12.2 Å². The molecule has 3 aliphatic rings. The highest BCUT2D eigenvalue weighted by Crippen LogP contribution is 2.55. The molecule has 21 heavy (non-hydrogen) atoms. The van der Waals surface area contributed by atoms with Gasteiger partial charge in [0.05, 0.1) is 18.1 Å². The number of carbonyl (C=O) groups is 2. The van der Waals surface area contributed by atoms with Crippen LogP contribution < -0.4 is 0 Å². The number of nitrogens with zero attached hydrogens (tertiary/aromatic N) is 1. The van der Waals surface area contributed by atoms with Crippen molar-refractivity contribution in [3.8, 4) is 0 Å². The Labute approximate surface area is 130 Å². The Morgan fingerprint density at radius 3 is 2.62 bits per heavy atom. The Morgan fingerprint density at radius 2 is 2.00 bits per heavy atom. The molecule has 0 aromatic rings. The quantitative estimate of drug-likeness (QED) is 0.741. The fourth-order valence-corrected chi connectivity index (χ4v) is 6.31. The Hall–Kier alpha value is -0.650. The van der Waals surface area contributed by atoms with E-state index in [0.29, 0.717) is 12.8 Å². The lowest BCUT2D eigenvalue weighted by molar-refractivity contribution is -0.127. The van der Waals surface area contributed by atoms with Crippen LogP contribution in [0.5, 0.6) is 0 Å². The van der Waals surface area contributed by atoms with Gasteiger partial charge in [-0.05, 0) is 38.3 Å². The number of Topliss-reactive ketones (excluding diaryl/α,β-unsaturated/α-hetero) is 1. The summed E-state index contributed by atoms with van der Waals surface area (Å²) in [5.41, 5.74) is 0.952. The summed E-state index contributed by atoms with van der Waals surface area (Å²) < 4.78 is 0. The van der Waals surface area contributed by atoms with E-state index in [-0.39, 0.29) is 52.0 Å². The molecule has 1 saturated heterocycles. The molecule has 0 aromatic heterocycles. The molecule has 1 N–H and O–H groups in total. The number of fused-ring (bicyclic) bond motifs is 3. The second kappa shape index (κ2) is 5.21. The molecule has 3 rings (SSSR count). The maximum Gasteiger partial charge on any atom is 0.207 e. The topological polar surface area (TPSA) is 57.6 Å². The van der Waals surface area contributed by atoms with E-state index in [4.69, 9.17) is 0 Å². The summed E-state index contributed by atoms with van der Waals surface area (Å²) in [5.74, 6) is 0.375. The Kier molecular flexibility index (Phi) is 3.79. The number of likely N-dealkylation sites (N-methyl/N-ethyl adjacent to an activating group) is 1. The summed E-state index contributed by atoms with van der Waals surface area (Å²) in [6.07, 6.45) is 0.697. The van der Waals surface area contributed by atoms with Crippen LogP contribution in [0.2, 0.25) is 0 Å². The van der Waals surface area contributed by atoms with Crippen LogP contribution in [-0.2, 0) is 9.59 Å². The van der Waals surface area contributed by atoms with Gasteiger partial charge in [-0.3, -0.25) is 14.5 Å². The number of thioether (sulfide) groups is 1. The first-order chi connectivity index (χ1) is 9.82. The number of aliphatic hydroxyl groups is 1. The van der Waals surface area contributed by atoms with Crippen molar-refractivity contribution in [1.29, 1.82) is 0 Å². The predicted octanol–water partition coefficient (Wildman–Crippen LogP) is 1.34. The van der Waals surface area contributed by atoms with Crippen molar-refractivity contribution in [2.24, 2.45) is 23.7 Å². The minimum absolute atomic E-state index is 0.00574. The summed E-state index contributed by atoms with van der Waals surface area (Å²) in [6.45, 7) is 6.16. The molecule has 0 bridgehead atoms. The van der Waals surface area contributed by atoms with E-state index in [0.717, 1.165) is 5.57 Å². The molecule has 0 spiro atoms. The Balaban J connectivity index is 2.03. The van der Waals surface area contributed by atoms with Crippen molar-refractivity contribution >= 4 is 22.7 Å². The highest BCUT2D eigenvalue weighted by molar-refractivity contribution is 8.14. The van der Waals surface area contributed by atoms with E-state index in [1.54, 1.807) is 0 Å². The molecule has 1 heterocycles. The van der Waals surface area contributed by atoms with Crippen molar-refractivity contribution in [3.63, 3.8) is 0 Å². The largest absolute Gasteiger partial charge is 0.393 e. The molecule has 4 nitrogen and oxygen atoms in total. The van der Waals surface area contributed by atoms with Crippen LogP contribution in [0.4, 0.5) is 0 Å². The summed E-state index contributed by atoms with van der Waals surface area (Å²) in [6, 6.07) is -0.330. The lowest BCUT2D eigenvalue weighted by Crippen LogP contribution is -2.44. The number of rotatable bonds is 1. The molecule has 2 saturated carbocycles. The minimum atomic E-state index is -0.347. The molecule has 0 aromatic carbocycles. The van der Waals surface area contributed by atoms with Gasteiger partial charge in [-0.1, -0.05) is 30.8 Å². The zero-order valence-electron chi connectivity index (χ0n) is 12.8. The molecule has 7 atom stereocenters. The van der Waals surface area contributed by atoms with Gasteiger partial charge in [-0.25, -0.2) is 0 Å². The number of ketones is 1. The fraction of sp³-hybridized carbons (Fsp3) is 0.750. The van der Waals surface area contributed by atoms with Crippen molar-refractivity contribution in [2.45, 2.75) is 37.2 Å². The summed E-state index contributed by atoms with van der Waals surface area (Å²) in [4.78, 5) is 26.9. The van der Waals surface area contributed by atoms with Crippen LogP contribution in [-0.4, -0.2) is 52.4 Å². The molecular formula is C16H23NO3S. The van der Waals surface area contributed by atoms with E-state index >= 15 is 0 Å². The maximum atomic E-state index is 12.7. The second-order valence-electron chi connectivity index (χ2n) is 6.98. The number of hydrogen-bond donors (Lipinski definition) is 1. The average Bonchev–Trinajstić information content (AvgIpc) is 2.85. The normalized spacial score (nSPS) is 46.7. The second-order valence-corrected chi connectivity index (χ2v) is 8.17. The molecule has 3 fully saturated rings. The number of carbonyl (C=O) groups excluding carboxylic acids is 2. The number of hydrogen-bond acceptors (Lipinski definition) is 5. The lowest BCUT2D eigenvalue weighted by Gasteiger charge is -2.30. The zero-order chi connectivity index (χ0) is 15.5. The fourth-order valence-electron chi connectivity index (χ4n) is 4.51. The third-order valence-corrected chi connectivity index (χ3v) is 6.95. The van der Waals surface area contributed by atoms with Crippen LogP contribution in [0.15, 0.2) is 12.2 Å². The monoisotopic (exact) mass is 309 g/mol. The standard InChI is InChI=1S/C16H23NO3S/c1-7-5-11(19)13-14(17(3)4)16(20)21-15(13)12-8(2)10(18)6-9(7)12/h8-10,12-15,18H,1,5-6H2,2-4H3. The van der Waals surface area contributed by atoms with E-state index in [1.165, 1.54) is 11.8 Å². The zero-order valence-corrected chi connectivity index (χ0v) is 13.6. The van der Waals surface area contributed by atoms with Gasteiger partial charge in [0.25, 0.3) is 0 Å². The molecule has 0 amide bonds. The van der Waals surface area contributed by atoms with Gasteiger partial charge in [0.1, 0.15) is 5.78 Å². The lowest BCUT2D eigenvalue weighted by atomic mass is 9.80. The molecule has 7 unspecified atom stereocenters. The molecular weight excluding hydrogens is 286 g/mol. The Bertz CT molecular complexity index is 504. The first-order valence-electron chi connectivity index (χ1n) is 7.58. The van der Waals surface area contributed by atoms with Gasteiger partial charge >= 0.3 is 0 Å². The van der Waals surface area contributed by atoms with E-state index < -0.39 is 0 Å². The highest BCUT2D eigenvalue weighted by Gasteiger charge is 2.58. The van der Waals surface area contributed by atoms with Gasteiger partial charge in [-0.2, -0.15) is 0 Å². The summed E-state index contributed by atoms with van der Waals surface area (Å²) in [5, 5.41) is 10.3. The van der Waals surface area contributed by atoms with Crippen LogP contribution in [0, 0.1) is 23.7 Å². The third-order valence-electron chi connectivity index (χ3n) is 5.60. The van der Waals surface area contributed by atoms with Crippen molar-refractivity contribution in [1.82, 2.24) is 4.90 Å². The maximum absolute atomic E-state index is 12.7. The van der Waals surface area contributed by atoms with Crippen molar-refractivity contribution < 1.29 is 14.7 Å². The molecule has 116 valence electrons. The van der Waals surface area contributed by atoms with Crippen LogP contribution in [0.1, 0.15) is 19.8 Å². The van der Waals surface area contributed by atoms with E-state index in [9.17, 15) is 14.7 Å². The Morgan fingerprint density at radius 1 is 1.33 bits per heavy atom. The smallest absolute Gasteiger partial charge is 0.207 e. The molecule has 5 heteroatoms. The summed E-state index contributed by atoms with van der Waals surface area (Å²) in [7, 11) is 3.73. The first-order valence-corrected chi connectivity index (χ1v) is 8.46. The molecule has 0 radical (unpaired) electrons. The van der Waals surface area contributed by atoms with Crippen LogP contribution >= 0.6 is 11.8 Å². The van der Waals surface area contributed by atoms with Crippen molar-refractivity contribution in [2.75, 3.05) is 14.1 Å². The van der Waals surface area contributed by atoms with Gasteiger partial charge < -0.3 is 5.11 Å². The third kappa shape index (κ3) is 2.21. The number of aliphatic hydroxyl groups excluding tert-OH is 1. The summed E-state index contributed by atoms with van der Waals surface area (Å²) >= 11 is 1.33. The molecule has 2 aliphatic carbocycles. The van der Waals surface area contributed by atoms with E-state index in [1.807, 2.05) is 25.9 Å². The average molecular weight is 309 g/mol. The van der Waals surface area contributed by atoms with E-state index in [2.05, 4.69) is 6.58 Å². The SMILES string of the molecule is C=C1CC(=O)C2C(SC(=O)C2N(C)C)C2C1CC(O)C2C. The highest BCUT2D eigenvalue weighted by atomic mass is 32.2. The van der Waals surface area contributed by atoms with Gasteiger partial charge in [0.15, 0.2) is 0 Å².